The van der Waals surface area contributed by atoms with Crippen LogP contribution in [0, 0.1) is 0 Å². The summed E-state index contributed by atoms with van der Waals surface area (Å²) in [7, 11) is 0. The van der Waals surface area contributed by atoms with Gasteiger partial charge in [0.25, 0.3) is 0 Å². The van der Waals surface area contributed by atoms with Gasteiger partial charge in [0.2, 0.25) is 0 Å². The van der Waals surface area contributed by atoms with Crippen molar-refractivity contribution in [3.8, 4) is 0 Å². The van der Waals surface area contributed by atoms with Crippen LogP contribution in [0.4, 0.5) is 0 Å². The van der Waals surface area contributed by atoms with Crippen molar-refractivity contribution in [3.63, 3.8) is 0 Å². The Morgan fingerprint density at radius 2 is 0.818 bits per heavy atom. The number of nitrogens with zero attached hydrogens (tertiary/aromatic N) is 2. The van der Waals surface area contributed by atoms with Crippen molar-refractivity contribution in [3.05, 3.63) is 96.1 Å². The molecule has 33 heavy (non-hydrogen) atoms. The molecule has 0 aliphatic rings. The summed E-state index contributed by atoms with van der Waals surface area (Å²) < 4.78 is 0. The van der Waals surface area contributed by atoms with Crippen molar-refractivity contribution < 1.29 is 0 Å². The molecule has 2 aromatic heterocycles. The Morgan fingerprint density at radius 1 is 0.424 bits per heavy atom. The average Bonchev–Trinajstić information content (AvgIpc) is 2.90. The first kappa shape index (κ1) is 35.1. The van der Waals surface area contributed by atoms with Crippen LogP contribution in [-0.4, -0.2) is 9.97 Å². The van der Waals surface area contributed by atoms with Gasteiger partial charge < -0.3 is 0 Å². The number of benzene rings is 1. The van der Waals surface area contributed by atoms with Crippen LogP contribution in [0.5, 0.6) is 0 Å². The fourth-order valence-electron chi connectivity index (χ4n) is 2.30. The lowest BCUT2D eigenvalue weighted by molar-refractivity contribution is 0.858. The van der Waals surface area contributed by atoms with Gasteiger partial charge in [0.05, 0.1) is 0 Å². The van der Waals surface area contributed by atoms with E-state index in [2.05, 4.69) is 81.8 Å². The van der Waals surface area contributed by atoms with Crippen LogP contribution in [0.1, 0.15) is 118 Å². The number of pyridine rings is 2. The lowest BCUT2D eigenvalue weighted by Crippen LogP contribution is -1.85. The first-order valence-electron chi connectivity index (χ1n) is 12.8. The molecule has 2 heteroatoms. The summed E-state index contributed by atoms with van der Waals surface area (Å²) in [6, 6.07) is 18.7. The van der Waals surface area contributed by atoms with E-state index in [0.717, 1.165) is 0 Å². The monoisotopic (exact) mass is 452 g/mol. The average molecular weight is 453 g/mol. The molecule has 0 fully saturated rings. The van der Waals surface area contributed by atoms with E-state index >= 15 is 0 Å². The summed E-state index contributed by atoms with van der Waals surface area (Å²) in [5.41, 5.74) is 4.07. The fraction of sp³-hybridized carbons (Fsp3) is 0.484. The molecule has 0 spiro atoms. The summed E-state index contributed by atoms with van der Waals surface area (Å²) in [5.74, 6) is 1.87. The summed E-state index contributed by atoms with van der Waals surface area (Å²) in [5, 5.41) is 0. The smallest absolute Gasteiger partial charge is 0.0302 e. The van der Waals surface area contributed by atoms with Crippen LogP contribution in [0.15, 0.2) is 79.4 Å². The zero-order valence-corrected chi connectivity index (χ0v) is 23.6. The van der Waals surface area contributed by atoms with E-state index < -0.39 is 0 Å². The summed E-state index contributed by atoms with van der Waals surface area (Å²) in [6.45, 7) is 25.1. The van der Waals surface area contributed by atoms with Crippen LogP contribution in [0.25, 0.3) is 0 Å². The zero-order valence-electron chi connectivity index (χ0n) is 23.6. The molecule has 0 radical (unpaired) electrons. The molecule has 0 aliphatic carbocycles. The molecule has 0 bridgehead atoms. The van der Waals surface area contributed by atoms with E-state index in [9.17, 15) is 0 Å². The van der Waals surface area contributed by atoms with Crippen LogP contribution in [0.2, 0.25) is 0 Å². The highest BCUT2D eigenvalue weighted by molar-refractivity contribution is 5.17. The van der Waals surface area contributed by atoms with Crippen molar-refractivity contribution in [1.82, 2.24) is 9.97 Å². The third-order valence-corrected chi connectivity index (χ3v) is 4.19. The fourth-order valence-corrected chi connectivity index (χ4v) is 2.30. The van der Waals surface area contributed by atoms with Gasteiger partial charge in [0.1, 0.15) is 0 Å². The minimum atomic E-state index is 0.596. The predicted octanol–water partition coefficient (Wildman–Crippen LogP) is 10.3. The number of aromatic nitrogens is 2. The van der Waals surface area contributed by atoms with E-state index in [0.29, 0.717) is 17.8 Å². The SMILES string of the molecule is CC.CC.CC.CC(C)c1ccccc1.CC(C)c1cccnc1.CC(C)c1ccncc1. The lowest BCUT2D eigenvalue weighted by Gasteiger charge is -2.01. The Balaban J connectivity index is -0.000000367. The van der Waals surface area contributed by atoms with Crippen molar-refractivity contribution in [1.29, 1.82) is 0 Å². The first-order chi connectivity index (χ1) is 15.9. The second kappa shape index (κ2) is 25.8. The van der Waals surface area contributed by atoms with Crippen molar-refractivity contribution in [2.75, 3.05) is 0 Å². The second-order valence-corrected chi connectivity index (χ2v) is 7.44. The molecule has 0 unspecified atom stereocenters. The maximum absolute atomic E-state index is 4.01. The van der Waals surface area contributed by atoms with Crippen LogP contribution < -0.4 is 0 Å². The molecule has 186 valence electrons. The predicted molar refractivity (Wildman–Crippen MR) is 151 cm³/mol. The largest absolute Gasteiger partial charge is 0.265 e. The van der Waals surface area contributed by atoms with Crippen LogP contribution in [-0.2, 0) is 0 Å². The summed E-state index contributed by atoms with van der Waals surface area (Å²) in [4.78, 5) is 7.93. The van der Waals surface area contributed by atoms with Crippen LogP contribution in [0.3, 0.4) is 0 Å². The Morgan fingerprint density at radius 3 is 1.09 bits per heavy atom. The van der Waals surface area contributed by atoms with Crippen molar-refractivity contribution >= 4 is 0 Å². The quantitative estimate of drug-likeness (QED) is 0.395. The van der Waals surface area contributed by atoms with Crippen molar-refractivity contribution in [2.24, 2.45) is 0 Å². The molecule has 2 nitrogen and oxygen atoms in total. The molecule has 0 saturated heterocycles. The minimum absolute atomic E-state index is 0.596. The van der Waals surface area contributed by atoms with E-state index in [1.807, 2.05) is 84.4 Å². The second-order valence-electron chi connectivity index (χ2n) is 7.44. The van der Waals surface area contributed by atoms with E-state index in [-0.39, 0.29) is 0 Å². The van der Waals surface area contributed by atoms with Crippen LogP contribution >= 0.6 is 0 Å². The molecule has 0 saturated carbocycles. The molecule has 1 aromatic carbocycles. The first-order valence-corrected chi connectivity index (χ1v) is 12.8. The van der Waals surface area contributed by atoms with Gasteiger partial charge in [0, 0.05) is 24.8 Å². The van der Waals surface area contributed by atoms with Gasteiger partial charge in [-0.25, -0.2) is 0 Å². The third kappa shape index (κ3) is 19.9. The summed E-state index contributed by atoms with van der Waals surface area (Å²) in [6.07, 6.45) is 7.36. The van der Waals surface area contributed by atoms with Gasteiger partial charge in [-0.15, -0.1) is 0 Å². The highest BCUT2D eigenvalue weighted by Gasteiger charge is 1.95. The number of hydrogen-bond acceptors (Lipinski definition) is 2. The topological polar surface area (TPSA) is 25.8 Å². The Labute approximate surface area is 206 Å². The van der Waals surface area contributed by atoms with E-state index in [4.69, 9.17) is 0 Å². The highest BCUT2D eigenvalue weighted by atomic mass is 14.6. The minimum Gasteiger partial charge on any atom is -0.265 e. The maximum atomic E-state index is 4.01. The van der Waals surface area contributed by atoms with Gasteiger partial charge in [-0.1, -0.05) is 119 Å². The molecule has 0 aliphatic heterocycles. The molecule has 3 rings (SSSR count). The van der Waals surface area contributed by atoms with Gasteiger partial charge >= 0.3 is 0 Å². The highest BCUT2D eigenvalue weighted by Crippen LogP contribution is 2.12. The van der Waals surface area contributed by atoms with E-state index in [1.165, 1.54) is 16.7 Å². The van der Waals surface area contributed by atoms with Crippen molar-refractivity contribution in [2.45, 2.75) is 101 Å². The molecular formula is C31H52N2. The molecule has 3 aromatic rings. The molecular weight excluding hydrogens is 400 g/mol. The van der Waals surface area contributed by atoms with Gasteiger partial charge in [-0.2, -0.15) is 0 Å². The van der Waals surface area contributed by atoms with Gasteiger partial charge in [0.15, 0.2) is 0 Å². The standard InChI is InChI=1S/C9H12.2C8H11N.3C2H6/c1-8(2)9-6-4-3-5-7-9;1-7(2)8-3-5-9-6-4-8;1-7(2)8-4-3-5-9-6-8;3*1-2/h3-8H,1-2H3;2*3-7H,1-2H3;3*1-2H3. The van der Waals surface area contributed by atoms with Gasteiger partial charge in [-0.3, -0.25) is 9.97 Å². The molecule has 0 N–H and O–H groups in total. The molecule has 2 heterocycles. The lowest BCUT2D eigenvalue weighted by atomic mass is 10.0. The Hall–Kier alpha value is -2.48. The number of rotatable bonds is 3. The van der Waals surface area contributed by atoms with E-state index in [1.54, 1.807) is 6.20 Å². The molecule has 0 atom stereocenters. The number of hydrogen-bond donors (Lipinski definition) is 0. The zero-order chi connectivity index (χ0) is 26.1. The normalized spacial score (nSPS) is 8.82. The third-order valence-electron chi connectivity index (χ3n) is 4.19. The Kier molecular flexibility index (Phi) is 27.4. The summed E-state index contributed by atoms with van der Waals surface area (Å²) >= 11 is 0. The Bertz CT molecular complexity index is 602. The van der Waals surface area contributed by atoms with Gasteiger partial charge in [-0.05, 0) is 52.6 Å². The maximum Gasteiger partial charge on any atom is 0.0302 e. The molecule has 0 amide bonds.